The van der Waals surface area contributed by atoms with Crippen molar-refractivity contribution >= 4 is 40.8 Å². The molecule has 1 aliphatic carbocycles. The lowest BCUT2D eigenvalue weighted by Gasteiger charge is -2.30. The molecule has 0 radical (unpaired) electrons. The normalized spacial score (nSPS) is 25.4. The first kappa shape index (κ1) is 21.9. The van der Waals surface area contributed by atoms with Crippen LogP contribution in [0.4, 0.5) is 13.2 Å². The maximum absolute atomic E-state index is 12.5. The van der Waals surface area contributed by atoms with E-state index >= 15 is 0 Å². The molecule has 1 aliphatic heterocycles. The van der Waals surface area contributed by atoms with Gasteiger partial charge in [0.15, 0.2) is 0 Å². The van der Waals surface area contributed by atoms with Gasteiger partial charge in [-0.3, -0.25) is 14.4 Å². The predicted molar refractivity (Wildman–Crippen MR) is 101 cm³/mol. The van der Waals surface area contributed by atoms with Crippen molar-refractivity contribution in [2.45, 2.75) is 43.8 Å². The average molecular weight is 451 g/mol. The Kier molecular flexibility index (Phi) is 6.43. The largest absolute Gasteiger partial charge is 0.406 e. The van der Waals surface area contributed by atoms with Crippen LogP contribution in [0.3, 0.4) is 0 Å². The molecule has 1 saturated carbocycles. The molecule has 1 aromatic carbocycles. The number of amides is 2. The van der Waals surface area contributed by atoms with Crippen molar-refractivity contribution in [3.05, 3.63) is 33.8 Å². The summed E-state index contributed by atoms with van der Waals surface area (Å²) in [5, 5.41) is 3.68. The number of carbonyl (C=O) groups excluding carboxylic acids is 3. The minimum absolute atomic E-state index is 0.193. The molecule has 29 heavy (non-hydrogen) atoms. The fraction of sp³-hybridized carbons (Fsp3) is 0.526. The first-order valence-corrected chi connectivity index (χ1v) is 9.96. The molecule has 0 bridgehead atoms. The van der Waals surface area contributed by atoms with Gasteiger partial charge in [-0.25, -0.2) is 0 Å². The first-order valence-electron chi connectivity index (χ1n) is 9.20. The molecule has 1 saturated heterocycles. The standard InChI is InChI=1S/C19H19Cl2F3N2O3/c20-14-6-3-11(7-15(14)21)10-1-4-12(5-2-10)25-17(28)13-8-26(9-19(22,23)24)18(29)16(13)27/h3,6-7,10,12-13H,1-2,4-5,8-9H2,(H,25,28). The van der Waals surface area contributed by atoms with Crippen molar-refractivity contribution in [3.63, 3.8) is 0 Å². The number of ketones is 1. The summed E-state index contributed by atoms with van der Waals surface area (Å²) >= 11 is 12.0. The highest BCUT2D eigenvalue weighted by Crippen LogP contribution is 2.35. The third-order valence-corrected chi connectivity index (χ3v) is 6.13. The molecule has 2 fully saturated rings. The molecule has 1 N–H and O–H groups in total. The fourth-order valence-corrected chi connectivity index (χ4v) is 4.19. The van der Waals surface area contributed by atoms with Crippen LogP contribution < -0.4 is 5.32 Å². The smallest absolute Gasteiger partial charge is 0.353 e. The Labute approximate surface area is 175 Å². The second kappa shape index (κ2) is 8.52. The summed E-state index contributed by atoms with van der Waals surface area (Å²) in [6.07, 6.45) is -1.76. The number of nitrogens with zero attached hydrogens (tertiary/aromatic N) is 1. The van der Waals surface area contributed by atoms with Crippen LogP contribution in [-0.4, -0.2) is 47.8 Å². The summed E-state index contributed by atoms with van der Waals surface area (Å²) in [6, 6.07) is 5.28. The summed E-state index contributed by atoms with van der Waals surface area (Å²) in [6.45, 7) is -2.07. The number of rotatable bonds is 4. The van der Waals surface area contributed by atoms with E-state index in [1.165, 1.54) is 0 Å². The summed E-state index contributed by atoms with van der Waals surface area (Å²) in [7, 11) is 0. The number of hydrogen-bond donors (Lipinski definition) is 1. The number of likely N-dealkylation sites (tertiary alicyclic amines) is 1. The topological polar surface area (TPSA) is 66.5 Å². The Balaban J connectivity index is 1.54. The number of Topliss-reactive ketones (excluding diaryl/α,β-unsaturated/α-hetero) is 1. The van der Waals surface area contributed by atoms with Crippen LogP contribution in [0.15, 0.2) is 18.2 Å². The Morgan fingerprint density at radius 2 is 1.76 bits per heavy atom. The molecule has 1 aromatic rings. The van der Waals surface area contributed by atoms with E-state index < -0.39 is 42.8 Å². The third kappa shape index (κ3) is 5.22. The van der Waals surface area contributed by atoms with Crippen molar-refractivity contribution in [2.75, 3.05) is 13.1 Å². The SMILES string of the molecule is O=C(NC1CCC(c2ccc(Cl)c(Cl)c2)CC1)C1CN(CC(F)(F)F)C(=O)C1=O. The van der Waals surface area contributed by atoms with Crippen LogP contribution in [-0.2, 0) is 14.4 Å². The van der Waals surface area contributed by atoms with Crippen LogP contribution in [0.25, 0.3) is 0 Å². The van der Waals surface area contributed by atoms with Crippen LogP contribution in [0.2, 0.25) is 10.0 Å². The summed E-state index contributed by atoms with van der Waals surface area (Å²) < 4.78 is 37.5. The number of benzene rings is 1. The van der Waals surface area contributed by atoms with E-state index in [9.17, 15) is 27.6 Å². The lowest BCUT2D eigenvalue weighted by Crippen LogP contribution is -2.43. The van der Waals surface area contributed by atoms with Gasteiger partial charge in [0, 0.05) is 12.6 Å². The monoisotopic (exact) mass is 450 g/mol. The molecule has 2 amide bonds. The molecule has 1 unspecified atom stereocenters. The number of carbonyl (C=O) groups is 3. The lowest BCUT2D eigenvalue weighted by molar-refractivity contribution is -0.159. The van der Waals surface area contributed by atoms with E-state index in [1.807, 2.05) is 12.1 Å². The molecule has 1 heterocycles. The van der Waals surface area contributed by atoms with Crippen molar-refractivity contribution in [2.24, 2.45) is 5.92 Å². The zero-order chi connectivity index (χ0) is 21.3. The van der Waals surface area contributed by atoms with Gasteiger partial charge in [-0.2, -0.15) is 13.2 Å². The van der Waals surface area contributed by atoms with Gasteiger partial charge in [-0.05, 0) is 49.3 Å². The van der Waals surface area contributed by atoms with Crippen molar-refractivity contribution in [3.8, 4) is 0 Å². The number of alkyl halides is 3. The van der Waals surface area contributed by atoms with Crippen molar-refractivity contribution < 1.29 is 27.6 Å². The van der Waals surface area contributed by atoms with Gasteiger partial charge in [0.25, 0.3) is 5.91 Å². The summed E-state index contributed by atoms with van der Waals surface area (Å²) in [4.78, 5) is 36.4. The molecule has 1 atom stereocenters. The minimum Gasteiger partial charge on any atom is -0.353 e. The van der Waals surface area contributed by atoms with Gasteiger partial charge in [-0.15, -0.1) is 0 Å². The van der Waals surface area contributed by atoms with E-state index in [-0.39, 0.29) is 12.0 Å². The Hall–Kier alpha value is -1.80. The maximum Gasteiger partial charge on any atom is 0.406 e. The molecule has 10 heteroatoms. The highest BCUT2D eigenvalue weighted by molar-refractivity contribution is 6.42. The lowest BCUT2D eigenvalue weighted by atomic mass is 9.81. The number of halogens is 5. The first-order chi connectivity index (χ1) is 13.5. The molecule has 0 spiro atoms. The highest BCUT2D eigenvalue weighted by Gasteiger charge is 2.47. The van der Waals surface area contributed by atoms with Gasteiger partial charge < -0.3 is 10.2 Å². The molecule has 2 aliphatic rings. The molecular formula is C19H19Cl2F3N2O3. The van der Waals surface area contributed by atoms with Crippen molar-refractivity contribution in [1.29, 1.82) is 0 Å². The predicted octanol–water partition coefficient (Wildman–Crippen LogP) is 3.73. The Morgan fingerprint density at radius 1 is 1.10 bits per heavy atom. The van der Waals surface area contributed by atoms with Gasteiger partial charge in [0.2, 0.25) is 11.7 Å². The molecule has 5 nitrogen and oxygen atoms in total. The molecule has 158 valence electrons. The zero-order valence-electron chi connectivity index (χ0n) is 15.3. The second-order valence-corrected chi connectivity index (χ2v) is 8.26. The second-order valence-electron chi connectivity index (χ2n) is 7.45. The third-order valence-electron chi connectivity index (χ3n) is 5.39. The van der Waals surface area contributed by atoms with Crippen LogP contribution >= 0.6 is 23.2 Å². The number of hydrogen-bond acceptors (Lipinski definition) is 3. The number of nitrogens with one attached hydrogen (secondary N) is 1. The highest BCUT2D eigenvalue weighted by atomic mass is 35.5. The Bertz CT molecular complexity index is 823. The van der Waals surface area contributed by atoms with Crippen LogP contribution in [0.1, 0.15) is 37.2 Å². The van der Waals surface area contributed by atoms with E-state index in [4.69, 9.17) is 23.2 Å². The molecule has 3 rings (SSSR count). The summed E-state index contributed by atoms with van der Waals surface area (Å²) in [5.41, 5.74) is 1.06. The van der Waals surface area contributed by atoms with Gasteiger partial charge in [0.05, 0.1) is 10.0 Å². The van der Waals surface area contributed by atoms with Crippen LogP contribution in [0.5, 0.6) is 0 Å². The van der Waals surface area contributed by atoms with Crippen molar-refractivity contribution in [1.82, 2.24) is 10.2 Å². The average Bonchev–Trinajstić information content (AvgIpc) is 2.92. The quantitative estimate of drug-likeness (QED) is 0.561. The maximum atomic E-state index is 12.5. The van der Waals surface area contributed by atoms with Crippen LogP contribution in [0, 0.1) is 5.92 Å². The fourth-order valence-electron chi connectivity index (χ4n) is 3.89. The summed E-state index contributed by atoms with van der Waals surface area (Å²) in [5.74, 6) is -4.17. The van der Waals surface area contributed by atoms with Gasteiger partial charge >= 0.3 is 6.18 Å². The molecule has 0 aromatic heterocycles. The van der Waals surface area contributed by atoms with E-state index in [1.54, 1.807) is 6.07 Å². The Morgan fingerprint density at radius 3 is 2.34 bits per heavy atom. The van der Waals surface area contributed by atoms with E-state index in [0.29, 0.717) is 27.8 Å². The molecular weight excluding hydrogens is 432 g/mol. The van der Waals surface area contributed by atoms with E-state index in [2.05, 4.69) is 5.32 Å². The minimum atomic E-state index is -4.62. The van der Waals surface area contributed by atoms with Gasteiger partial charge in [0.1, 0.15) is 12.5 Å². The zero-order valence-corrected chi connectivity index (χ0v) is 16.8. The van der Waals surface area contributed by atoms with Gasteiger partial charge in [-0.1, -0.05) is 29.3 Å². The van der Waals surface area contributed by atoms with E-state index in [0.717, 1.165) is 18.4 Å².